The van der Waals surface area contributed by atoms with E-state index in [0.717, 1.165) is 35.9 Å². The maximum Gasteiger partial charge on any atom is 0.264 e. The van der Waals surface area contributed by atoms with Gasteiger partial charge in [0, 0.05) is 24.2 Å². The van der Waals surface area contributed by atoms with Crippen LogP contribution in [0.25, 0.3) is 22.2 Å². The molecule has 2 aromatic heterocycles. The molecule has 134 valence electrons. The number of alkyl halides is 1. The van der Waals surface area contributed by atoms with Gasteiger partial charge in [0.25, 0.3) is 5.91 Å². The Labute approximate surface area is 150 Å². The lowest BCUT2D eigenvalue weighted by molar-refractivity contribution is -0.129. The van der Waals surface area contributed by atoms with Gasteiger partial charge in [-0.25, -0.2) is 19.3 Å². The molecule has 1 aliphatic rings. The molecule has 1 saturated carbocycles. The van der Waals surface area contributed by atoms with E-state index in [-0.39, 0.29) is 18.8 Å². The van der Waals surface area contributed by atoms with Crippen molar-refractivity contribution in [1.29, 1.82) is 0 Å². The fraction of sp³-hybridized carbons (Fsp3) is 0.368. The number of carbonyl (C=O) groups excluding carboxylic acids is 1. The molecule has 0 bridgehead atoms. The number of amides is 1. The summed E-state index contributed by atoms with van der Waals surface area (Å²) in [5, 5.41) is 3.40. The zero-order valence-corrected chi connectivity index (χ0v) is 14.6. The lowest BCUT2D eigenvalue weighted by Crippen LogP contribution is -2.40. The number of fused-ring (bicyclic) bond motifs is 1. The molecule has 26 heavy (non-hydrogen) atoms. The molecule has 7 heteroatoms. The monoisotopic (exact) mass is 353 g/mol. The van der Waals surface area contributed by atoms with Gasteiger partial charge >= 0.3 is 0 Å². The second kappa shape index (κ2) is 6.48. The Bertz CT molecular complexity index is 961. The van der Waals surface area contributed by atoms with Gasteiger partial charge in [0.2, 0.25) is 5.95 Å². The Morgan fingerprint density at radius 1 is 1.23 bits per heavy atom. The van der Waals surface area contributed by atoms with Gasteiger partial charge in [0.05, 0.1) is 23.7 Å². The molecular formula is C19H20FN5O. The first-order valence-corrected chi connectivity index (χ1v) is 8.79. The van der Waals surface area contributed by atoms with Crippen molar-refractivity contribution in [1.82, 2.24) is 19.5 Å². The zero-order valence-electron chi connectivity index (χ0n) is 14.6. The van der Waals surface area contributed by atoms with E-state index in [2.05, 4.69) is 20.3 Å². The van der Waals surface area contributed by atoms with Crippen molar-refractivity contribution in [2.75, 3.05) is 5.32 Å². The topological polar surface area (TPSA) is 72.7 Å². The van der Waals surface area contributed by atoms with E-state index in [0.29, 0.717) is 5.52 Å². The van der Waals surface area contributed by atoms with Crippen LogP contribution in [-0.4, -0.2) is 31.1 Å². The Hall–Kier alpha value is -2.83. The third kappa shape index (κ3) is 3.05. The SMILES string of the molecule is Cn1cncc1-c1ccc2cnc(NC(=O)C3(F)CCCCC3)nc2c1. The number of hydrogen-bond donors (Lipinski definition) is 1. The molecule has 3 aromatic rings. The summed E-state index contributed by atoms with van der Waals surface area (Å²) in [4.78, 5) is 25.0. The standard InChI is InChI=1S/C19H20FN5O/c1-25-12-21-11-16(25)13-5-6-14-10-22-18(23-15(14)9-13)24-17(26)19(20)7-3-2-4-8-19/h5-6,9-12H,2-4,7-8H2,1H3,(H,22,23,24,26). The highest BCUT2D eigenvalue weighted by Crippen LogP contribution is 2.32. The molecule has 1 aromatic carbocycles. The van der Waals surface area contributed by atoms with Crippen LogP contribution in [0.3, 0.4) is 0 Å². The number of imidazole rings is 1. The van der Waals surface area contributed by atoms with Crippen LogP contribution in [0.1, 0.15) is 32.1 Å². The van der Waals surface area contributed by atoms with E-state index in [9.17, 15) is 9.18 Å². The number of nitrogens with one attached hydrogen (secondary N) is 1. The van der Waals surface area contributed by atoms with Gasteiger partial charge in [-0.1, -0.05) is 18.6 Å². The molecule has 2 heterocycles. The zero-order chi connectivity index (χ0) is 18.1. The molecule has 0 spiro atoms. The molecule has 0 saturated heterocycles. The highest BCUT2D eigenvalue weighted by Gasteiger charge is 2.39. The molecule has 0 atom stereocenters. The van der Waals surface area contributed by atoms with E-state index in [1.807, 2.05) is 29.8 Å². The van der Waals surface area contributed by atoms with E-state index in [4.69, 9.17) is 0 Å². The van der Waals surface area contributed by atoms with Crippen LogP contribution < -0.4 is 5.32 Å². The molecule has 6 nitrogen and oxygen atoms in total. The molecular weight excluding hydrogens is 333 g/mol. The van der Waals surface area contributed by atoms with Crippen molar-refractivity contribution < 1.29 is 9.18 Å². The Kier molecular flexibility index (Phi) is 4.14. The molecule has 1 amide bonds. The number of carbonyl (C=O) groups is 1. The average molecular weight is 353 g/mol. The summed E-state index contributed by atoms with van der Waals surface area (Å²) >= 11 is 0. The van der Waals surface area contributed by atoms with Crippen LogP contribution in [0.5, 0.6) is 0 Å². The quantitative estimate of drug-likeness (QED) is 0.780. The minimum absolute atomic E-state index is 0.132. The van der Waals surface area contributed by atoms with E-state index in [1.165, 1.54) is 0 Å². The summed E-state index contributed by atoms with van der Waals surface area (Å²) in [6.07, 6.45) is 8.11. The van der Waals surface area contributed by atoms with Crippen LogP contribution in [0.4, 0.5) is 10.3 Å². The highest BCUT2D eigenvalue weighted by atomic mass is 19.1. The van der Waals surface area contributed by atoms with Gasteiger partial charge in [0.1, 0.15) is 0 Å². The van der Waals surface area contributed by atoms with Crippen LogP contribution in [0.2, 0.25) is 0 Å². The lowest BCUT2D eigenvalue weighted by Gasteiger charge is -2.27. The number of halogens is 1. The second-order valence-electron chi connectivity index (χ2n) is 6.84. The number of aromatic nitrogens is 4. The second-order valence-corrected chi connectivity index (χ2v) is 6.84. The predicted molar refractivity (Wildman–Crippen MR) is 97.3 cm³/mol. The fourth-order valence-electron chi connectivity index (χ4n) is 3.43. The summed E-state index contributed by atoms with van der Waals surface area (Å²) in [5.74, 6) is -0.508. The minimum Gasteiger partial charge on any atom is -0.334 e. The van der Waals surface area contributed by atoms with Crippen molar-refractivity contribution in [3.8, 4) is 11.3 Å². The smallest absolute Gasteiger partial charge is 0.264 e. The third-order valence-electron chi connectivity index (χ3n) is 4.97. The first-order valence-electron chi connectivity index (χ1n) is 8.79. The number of nitrogens with zero attached hydrogens (tertiary/aromatic N) is 4. The molecule has 0 unspecified atom stereocenters. The molecule has 0 aliphatic heterocycles. The van der Waals surface area contributed by atoms with Crippen molar-refractivity contribution in [3.05, 3.63) is 36.9 Å². The fourth-order valence-corrected chi connectivity index (χ4v) is 3.43. The van der Waals surface area contributed by atoms with Crippen molar-refractivity contribution >= 4 is 22.8 Å². The van der Waals surface area contributed by atoms with E-state index >= 15 is 0 Å². The lowest BCUT2D eigenvalue weighted by atomic mass is 9.86. The number of benzene rings is 1. The van der Waals surface area contributed by atoms with Gasteiger partial charge in [-0.15, -0.1) is 0 Å². The largest absolute Gasteiger partial charge is 0.334 e. The number of anilines is 1. The average Bonchev–Trinajstić information content (AvgIpc) is 3.07. The molecule has 1 aliphatic carbocycles. The van der Waals surface area contributed by atoms with Gasteiger partial charge in [-0.3, -0.25) is 10.1 Å². The Balaban J connectivity index is 1.62. The first kappa shape index (κ1) is 16.6. The maximum atomic E-state index is 14.8. The van der Waals surface area contributed by atoms with Crippen molar-refractivity contribution in [2.45, 2.75) is 37.8 Å². The predicted octanol–water partition coefficient (Wildman–Crippen LogP) is 3.64. The van der Waals surface area contributed by atoms with Gasteiger partial charge < -0.3 is 4.57 Å². The first-order chi connectivity index (χ1) is 12.5. The summed E-state index contributed by atoms with van der Waals surface area (Å²) < 4.78 is 16.7. The normalized spacial score (nSPS) is 16.5. The molecule has 4 rings (SSSR count). The van der Waals surface area contributed by atoms with Crippen LogP contribution >= 0.6 is 0 Å². The Morgan fingerprint density at radius 3 is 2.77 bits per heavy atom. The summed E-state index contributed by atoms with van der Waals surface area (Å²) in [6, 6.07) is 5.80. The minimum atomic E-state index is -1.81. The third-order valence-corrected chi connectivity index (χ3v) is 4.97. The molecule has 0 radical (unpaired) electrons. The van der Waals surface area contributed by atoms with Crippen molar-refractivity contribution in [2.24, 2.45) is 7.05 Å². The number of aryl methyl sites for hydroxylation is 1. The summed E-state index contributed by atoms with van der Waals surface area (Å²) in [5.41, 5.74) is 0.793. The van der Waals surface area contributed by atoms with Crippen LogP contribution in [-0.2, 0) is 11.8 Å². The number of hydrogen-bond acceptors (Lipinski definition) is 4. The van der Waals surface area contributed by atoms with Crippen LogP contribution in [0.15, 0.2) is 36.9 Å². The van der Waals surface area contributed by atoms with E-state index in [1.54, 1.807) is 18.7 Å². The van der Waals surface area contributed by atoms with Crippen molar-refractivity contribution in [3.63, 3.8) is 0 Å². The van der Waals surface area contributed by atoms with E-state index < -0.39 is 11.6 Å². The molecule has 1 fully saturated rings. The maximum absolute atomic E-state index is 14.8. The summed E-state index contributed by atoms with van der Waals surface area (Å²) in [7, 11) is 1.92. The van der Waals surface area contributed by atoms with Crippen LogP contribution in [0, 0.1) is 0 Å². The van der Waals surface area contributed by atoms with Gasteiger partial charge in [-0.05, 0) is 31.7 Å². The Morgan fingerprint density at radius 2 is 2.04 bits per heavy atom. The summed E-state index contributed by atoms with van der Waals surface area (Å²) in [6.45, 7) is 0. The number of rotatable bonds is 3. The molecule has 1 N–H and O–H groups in total. The van der Waals surface area contributed by atoms with Gasteiger partial charge in [-0.2, -0.15) is 0 Å². The highest BCUT2D eigenvalue weighted by molar-refractivity contribution is 5.96. The van der Waals surface area contributed by atoms with Gasteiger partial charge in [0.15, 0.2) is 5.67 Å².